The first-order valence-electron chi connectivity index (χ1n) is 14.2. The first-order chi connectivity index (χ1) is 18.9. The summed E-state index contributed by atoms with van der Waals surface area (Å²) < 4.78 is 18.1. The third kappa shape index (κ3) is 4.14. The van der Waals surface area contributed by atoms with Crippen LogP contribution in [0.5, 0.6) is 17.2 Å². The Kier molecular flexibility index (Phi) is 8.15. The summed E-state index contributed by atoms with van der Waals surface area (Å²) in [5.74, 6) is 3.09. The van der Waals surface area contributed by atoms with Crippen molar-refractivity contribution in [2.24, 2.45) is 5.92 Å². The predicted molar refractivity (Wildman–Crippen MR) is 172 cm³/mol. The van der Waals surface area contributed by atoms with E-state index in [4.69, 9.17) is 14.2 Å². The van der Waals surface area contributed by atoms with Gasteiger partial charge in [-0.2, -0.15) is 0 Å². The van der Waals surface area contributed by atoms with E-state index >= 15 is 0 Å². The Morgan fingerprint density at radius 2 is 0.825 bits per heavy atom. The highest BCUT2D eigenvalue weighted by atomic mass is 28.3. The Bertz CT molecular complexity index is 1410. The zero-order chi connectivity index (χ0) is 29.7. The lowest BCUT2D eigenvalue weighted by Crippen LogP contribution is -2.73. The maximum atomic E-state index is 6.02. The molecule has 3 aromatic rings. The highest BCUT2D eigenvalue weighted by molar-refractivity contribution is 7.17. The molecule has 3 aromatic carbocycles. The summed E-state index contributed by atoms with van der Waals surface area (Å²) in [4.78, 5) is 0. The van der Waals surface area contributed by atoms with Crippen molar-refractivity contribution >= 4 is 23.6 Å². The molecule has 0 heterocycles. The molecule has 4 heteroatoms. The smallest absolute Gasteiger partial charge is 0.178 e. The number of allylic oxidation sites excluding steroid dienone is 4. The summed E-state index contributed by atoms with van der Waals surface area (Å²) in [6.45, 7) is 23.0. The second-order valence-corrected chi connectivity index (χ2v) is 15.1. The van der Waals surface area contributed by atoms with Crippen molar-refractivity contribution in [3.05, 3.63) is 91.7 Å². The van der Waals surface area contributed by atoms with Crippen molar-refractivity contribution in [3.63, 3.8) is 0 Å². The molecule has 1 unspecified atom stereocenters. The maximum absolute atomic E-state index is 6.02. The average Bonchev–Trinajstić information content (AvgIpc) is 3.11. The minimum atomic E-state index is -3.01. The van der Waals surface area contributed by atoms with Gasteiger partial charge in [0.1, 0.15) is 17.2 Å². The van der Waals surface area contributed by atoms with Gasteiger partial charge in [0.05, 0.1) is 21.3 Å². The van der Waals surface area contributed by atoms with Gasteiger partial charge < -0.3 is 14.2 Å². The third-order valence-corrected chi connectivity index (χ3v) is 15.9. The van der Waals surface area contributed by atoms with Gasteiger partial charge in [-0.15, -0.1) is 0 Å². The topological polar surface area (TPSA) is 27.7 Å². The minimum absolute atomic E-state index is 0.298. The Labute approximate surface area is 242 Å². The van der Waals surface area contributed by atoms with Crippen LogP contribution in [0.3, 0.4) is 0 Å². The predicted octanol–water partition coefficient (Wildman–Crippen LogP) is 6.87. The molecule has 212 valence electrons. The highest BCUT2D eigenvalue weighted by Crippen LogP contribution is 2.44. The molecule has 1 atom stereocenters. The van der Waals surface area contributed by atoms with E-state index in [1.165, 1.54) is 65.7 Å². The monoisotopic (exact) mass is 554 g/mol. The molecule has 0 amide bonds. The molecule has 0 bridgehead atoms. The quantitative estimate of drug-likeness (QED) is 0.236. The fourth-order valence-electron chi connectivity index (χ4n) is 7.63. The number of ether oxygens (including phenoxy) is 3. The molecule has 1 aliphatic rings. The summed E-state index contributed by atoms with van der Waals surface area (Å²) in [6, 6.07) is 13.1. The molecule has 0 spiro atoms. The number of methoxy groups -OCH3 is 3. The van der Waals surface area contributed by atoms with Gasteiger partial charge in [-0.1, -0.05) is 58.2 Å². The molecule has 1 aliphatic carbocycles. The van der Waals surface area contributed by atoms with Crippen molar-refractivity contribution in [1.82, 2.24) is 0 Å². The second-order valence-electron chi connectivity index (χ2n) is 11.6. The van der Waals surface area contributed by atoms with Gasteiger partial charge in [-0.05, 0) is 124 Å². The summed E-state index contributed by atoms with van der Waals surface area (Å²) in [6.07, 6.45) is 0. The lowest BCUT2D eigenvalue weighted by atomic mass is 10.1. The Hall–Kier alpha value is -3.24. The van der Waals surface area contributed by atoms with Gasteiger partial charge in [-0.25, -0.2) is 0 Å². The third-order valence-electron chi connectivity index (χ3n) is 9.70. The Balaban J connectivity index is 2.47. The standard InChI is InChI=1S/C36H46O3Si/c1-20-14-17-30(37-11)27(8)33(20)40(36-25(6)23(4)24(5)26(36)7,34-21(2)15-18-31(38-12)28(34)9)35-22(3)16-19-32(39-13)29(35)10/h14-19,25H,1-13H3. The number of aryl methyl sites for hydroxylation is 3. The van der Waals surface area contributed by atoms with Crippen molar-refractivity contribution in [2.45, 2.75) is 69.2 Å². The molecule has 4 rings (SSSR count). The van der Waals surface area contributed by atoms with E-state index < -0.39 is 8.07 Å². The van der Waals surface area contributed by atoms with E-state index in [1.54, 1.807) is 26.5 Å². The number of rotatable bonds is 7. The van der Waals surface area contributed by atoms with Crippen molar-refractivity contribution in [1.29, 1.82) is 0 Å². The molecule has 0 radical (unpaired) electrons. The van der Waals surface area contributed by atoms with Crippen molar-refractivity contribution < 1.29 is 14.2 Å². The van der Waals surface area contributed by atoms with E-state index in [1.807, 2.05) is 0 Å². The molecule has 0 fully saturated rings. The van der Waals surface area contributed by atoms with Crippen LogP contribution < -0.4 is 29.8 Å². The second kappa shape index (κ2) is 11.0. The van der Waals surface area contributed by atoms with Crippen LogP contribution >= 0.6 is 0 Å². The number of hydrogen-bond acceptors (Lipinski definition) is 3. The normalized spacial score (nSPS) is 15.7. The maximum Gasteiger partial charge on any atom is 0.178 e. The molecule has 0 saturated heterocycles. The minimum Gasteiger partial charge on any atom is -0.496 e. The van der Waals surface area contributed by atoms with Crippen LogP contribution in [0, 0.1) is 47.5 Å². The first kappa shape index (κ1) is 29.7. The van der Waals surface area contributed by atoms with Gasteiger partial charge in [0.25, 0.3) is 0 Å². The zero-order valence-corrected chi connectivity index (χ0v) is 27.8. The summed E-state index contributed by atoms with van der Waals surface area (Å²) in [5.41, 5.74) is 11.8. The van der Waals surface area contributed by atoms with E-state index in [9.17, 15) is 0 Å². The Morgan fingerprint density at radius 1 is 0.500 bits per heavy atom. The van der Waals surface area contributed by atoms with Crippen LogP contribution in [0.15, 0.2) is 58.3 Å². The van der Waals surface area contributed by atoms with Crippen LogP contribution in [-0.4, -0.2) is 29.4 Å². The van der Waals surface area contributed by atoms with Gasteiger partial charge in [0.15, 0.2) is 8.07 Å². The van der Waals surface area contributed by atoms with Crippen LogP contribution in [-0.2, 0) is 0 Å². The Morgan fingerprint density at radius 3 is 1.07 bits per heavy atom. The largest absolute Gasteiger partial charge is 0.496 e. The highest BCUT2D eigenvalue weighted by Gasteiger charge is 2.53. The fraction of sp³-hybridized carbons (Fsp3) is 0.389. The SMILES string of the molecule is COc1ccc(C)c([Si](C2=C(C)C(C)=C(C)C2C)(c2c(C)ccc(OC)c2C)c2c(C)ccc(OC)c2C)c1C. The summed E-state index contributed by atoms with van der Waals surface area (Å²) in [5, 5.41) is 5.79. The van der Waals surface area contributed by atoms with Crippen LogP contribution in [0.2, 0.25) is 0 Å². The molecule has 40 heavy (non-hydrogen) atoms. The lowest BCUT2D eigenvalue weighted by Gasteiger charge is -2.44. The molecule has 0 saturated carbocycles. The molecular weight excluding hydrogens is 508 g/mol. The lowest BCUT2D eigenvalue weighted by molar-refractivity contribution is 0.412. The average molecular weight is 555 g/mol. The van der Waals surface area contributed by atoms with E-state index in [-0.39, 0.29) is 0 Å². The van der Waals surface area contributed by atoms with Crippen LogP contribution in [0.1, 0.15) is 61.1 Å². The molecule has 0 aromatic heterocycles. The number of hydrogen-bond donors (Lipinski definition) is 0. The van der Waals surface area contributed by atoms with Crippen LogP contribution in [0.25, 0.3) is 0 Å². The van der Waals surface area contributed by atoms with Crippen LogP contribution in [0.4, 0.5) is 0 Å². The molecular formula is C36H46O3Si. The van der Waals surface area contributed by atoms with E-state index in [0.29, 0.717) is 5.92 Å². The van der Waals surface area contributed by atoms with E-state index in [2.05, 4.69) is 106 Å². The summed E-state index contributed by atoms with van der Waals surface area (Å²) in [7, 11) is 2.34. The van der Waals surface area contributed by atoms with Gasteiger partial charge in [0.2, 0.25) is 0 Å². The summed E-state index contributed by atoms with van der Waals surface area (Å²) >= 11 is 0. The molecule has 3 nitrogen and oxygen atoms in total. The van der Waals surface area contributed by atoms with Gasteiger partial charge in [-0.3, -0.25) is 0 Å². The van der Waals surface area contributed by atoms with Gasteiger partial charge in [0, 0.05) is 0 Å². The van der Waals surface area contributed by atoms with E-state index in [0.717, 1.165) is 17.2 Å². The van der Waals surface area contributed by atoms with Crippen molar-refractivity contribution in [3.8, 4) is 17.2 Å². The van der Waals surface area contributed by atoms with Gasteiger partial charge >= 0.3 is 0 Å². The molecule has 0 aliphatic heterocycles. The van der Waals surface area contributed by atoms with Crippen molar-refractivity contribution in [2.75, 3.05) is 21.3 Å². The fourth-order valence-corrected chi connectivity index (χ4v) is 14.9. The zero-order valence-electron chi connectivity index (χ0n) is 26.8. The number of benzene rings is 3. The molecule has 0 N–H and O–H groups in total. The first-order valence-corrected chi connectivity index (χ1v) is 16.2.